The molecule has 0 bridgehead atoms. The Balaban J connectivity index is 2.13. The van der Waals surface area contributed by atoms with Gasteiger partial charge in [0.2, 0.25) is 0 Å². The highest BCUT2D eigenvalue weighted by Crippen LogP contribution is 2.32. The molecule has 1 atom stereocenters. The van der Waals surface area contributed by atoms with Crippen molar-refractivity contribution in [3.63, 3.8) is 0 Å². The van der Waals surface area contributed by atoms with Crippen LogP contribution in [-0.4, -0.2) is 55.3 Å². The van der Waals surface area contributed by atoms with E-state index in [9.17, 15) is 8.42 Å². The fourth-order valence-electron chi connectivity index (χ4n) is 2.85. The van der Waals surface area contributed by atoms with Gasteiger partial charge in [0.1, 0.15) is 0 Å². The molecule has 0 aromatic rings. The minimum absolute atomic E-state index is 0.0970. The van der Waals surface area contributed by atoms with Gasteiger partial charge in [0.25, 0.3) is 10.2 Å². The van der Waals surface area contributed by atoms with Crippen LogP contribution in [-0.2, 0) is 10.2 Å². The summed E-state index contributed by atoms with van der Waals surface area (Å²) in [6, 6.07) is 0.291. The Bertz CT molecular complexity index is 420. The molecule has 1 aliphatic heterocycles. The van der Waals surface area contributed by atoms with E-state index in [2.05, 4.69) is 18.8 Å². The average molecular weight is 301 g/mol. The van der Waals surface area contributed by atoms with Crippen molar-refractivity contribution in [2.45, 2.75) is 51.1 Å². The van der Waals surface area contributed by atoms with Gasteiger partial charge in [-0.15, -0.1) is 6.58 Å². The fraction of sp³-hybridized carbons (Fsp3) is 0.857. The van der Waals surface area contributed by atoms with Crippen LogP contribution in [0.4, 0.5) is 0 Å². The van der Waals surface area contributed by atoms with Gasteiger partial charge in [-0.25, -0.2) is 0 Å². The van der Waals surface area contributed by atoms with Gasteiger partial charge < -0.3 is 5.32 Å². The van der Waals surface area contributed by atoms with E-state index in [1.807, 2.05) is 0 Å². The second-order valence-corrected chi connectivity index (χ2v) is 7.50. The highest BCUT2D eigenvalue weighted by atomic mass is 32.2. The molecule has 1 unspecified atom stereocenters. The van der Waals surface area contributed by atoms with Gasteiger partial charge in [-0.3, -0.25) is 0 Å². The standard InChI is InChI=1S/C14H27N3O2S/c1-3-10-16(13-8-9-13)20(18,19)17-11-6-5-7-14(17)12-15-4-2/h3,13-15H,1,4-12H2,2H3. The monoisotopic (exact) mass is 301 g/mol. The van der Waals surface area contributed by atoms with Crippen LogP contribution in [0.2, 0.25) is 0 Å². The molecule has 1 N–H and O–H groups in total. The summed E-state index contributed by atoms with van der Waals surface area (Å²) in [5.41, 5.74) is 0. The van der Waals surface area contributed by atoms with Crippen molar-refractivity contribution in [3.05, 3.63) is 12.7 Å². The predicted octanol–water partition coefficient (Wildman–Crippen LogP) is 1.35. The highest BCUT2D eigenvalue weighted by molar-refractivity contribution is 7.86. The topological polar surface area (TPSA) is 52.7 Å². The first-order chi connectivity index (χ1) is 9.61. The summed E-state index contributed by atoms with van der Waals surface area (Å²) in [4.78, 5) is 0. The quantitative estimate of drug-likeness (QED) is 0.689. The molecule has 0 aromatic carbocycles. The number of nitrogens with one attached hydrogen (secondary N) is 1. The number of hydrogen-bond donors (Lipinski definition) is 1. The molecule has 0 radical (unpaired) electrons. The number of piperidine rings is 1. The summed E-state index contributed by atoms with van der Waals surface area (Å²) in [5, 5.41) is 3.29. The summed E-state index contributed by atoms with van der Waals surface area (Å²) in [6.45, 7) is 8.46. The maximum atomic E-state index is 12.9. The second-order valence-electron chi connectivity index (χ2n) is 5.67. The van der Waals surface area contributed by atoms with Crippen LogP contribution in [0, 0.1) is 0 Å². The van der Waals surface area contributed by atoms with Crippen molar-refractivity contribution < 1.29 is 8.42 Å². The van der Waals surface area contributed by atoms with Crippen molar-refractivity contribution in [2.75, 3.05) is 26.2 Å². The molecule has 0 amide bonds. The minimum Gasteiger partial charge on any atom is -0.315 e. The third kappa shape index (κ3) is 3.61. The fourth-order valence-corrected chi connectivity index (χ4v) is 4.92. The van der Waals surface area contributed by atoms with E-state index < -0.39 is 10.2 Å². The van der Waals surface area contributed by atoms with Gasteiger partial charge in [-0.1, -0.05) is 19.4 Å². The van der Waals surface area contributed by atoms with Crippen LogP contribution in [0.1, 0.15) is 39.0 Å². The molecule has 0 spiro atoms. The Kier molecular flexibility index (Phi) is 5.60. The lowest BCUT2D eigenvalue weighted by Gasteiger charge is -2.38. The Labute approximate surface area is 123 Å². The predicted molar refractivity (Wildman–Crippen MR) is 81.7 cm³/mol. The molecule has 0 aromatic heterocycles. The Morgan fingerprint density at radius 2 is 2.10 bits per heavy atom. The van der Waals surface area contributed by atoms with E-state index in [1.54, 1.807) is 14.7 Å². The van der Waals surface area contributed by atoms with E-state index in [0.29, 0.717) is 13.1 Å². The molecule has 116 valence electrons. The average Bonchev–Trinajstić information content (AvgIpc) is 3.27. The first-order valence-corrected chi connectivity index (χ1v) is 9.11. The molecule has 2 rings (SSSR count). The molecular formula is C14H27N3O2S. The molecule has 20 heavy (non-hydrogen) atoms. The van der Waals surface area contributed by atoms with Gasteiger partial charge in [-0.05, 0) is 32.2 Å². The van der Waals surface area contributed by atoms with Crippen LogP contribution in [0.3, 0.4) is 0 Å². The van der Waals surface area contributed by atoms with Crippen molar-refractivity contribution in [1.82, 2.24) is 13.9 Å². The lowest BCUT2D eigenvalue weighted by Crippen LogP contribution is -2.54. The molecule has 1 heterocycles. The number of hydrogen-bond acceptors (Lipinski definition) is 3. The van der Waals surface area contributed by atoms with E-state index >= 15 is 0 Å². The third-order valence-electron chi connectivity index (χ3n) is 4.06. The van der Waals surface area contributed by atoms with Crippen LogP contribution >= 0.6 is 0 Å². The molecule has 1 aliphatic carbocycles. The van der Waals surface area contributed by atoms with Crippen molar-refractivity contribution in [2.24, 2.45) is 0 Å². The summed E-state index contributed by atoms with van der Waals surface area (Å²) in [7, 11) is -3.35. The zero-order valence-electron chi connectivity index (χ0n) is 12.4. The van der Waals surface area contributed by atoms with Crippen molar-refractivity contribution in [3.8, 4) is 0 Å². The summed E-state index contributed by atoms with van der Waals surface area (Å²) >= 11 is 0. The van der Waals surface area contributed by atoms with Crippen LogP contribution < -0.4 is 5.32 Å². The zero-order chi connectivity index (χ0) is 14.6. The maximum Gasteiger partial charge on any atom is 0.282 e. The molecule has 1 saturated carbocycles. The van der Waals surface area contributed by atoms with E-state index in [0.717, 1.165) is 45.2 Å². The molecular weight excluding hydrogens is 274 g/mol. The Hall–Kier alpha value is -0.430. The first-order valence-electron chi connectivity index (χ1n) is 7.71. The largest absolute Gasteiger partial charge is 0.315 e. The Morgan fingerprint density at radius 1 is 1.35 bits per heavy atom. The zero-order valence-corrected chi connectivity index (χ0v) is 13.2. The third-order valence-corrected chi connectivity index (χ3v) is 6.17. The van der Waals surface area contributed by atoms with E-state index in [-0.39, 0.29) is 12.1 Å². The van der Waals surface area contributed by atoms with Crippen LogP contribution in [0.25, 0.3) is 0 Å². The second kappa shape index (κ2) is 7.02. The van der Waals surface area contributed by atoms with Crippen molar-refractivity contribution in [1.29, 1.82) is 0 Å². The normalized spacial score (nSPS) is 25.0. The van der Waals surface area contributed by atoms with Gasteiger partial charge >= 0.3 is 0 Å². The lowest BCUT2D eigenvalue weighted by molar-refractivity contribution is 0.227. The van der Waals surface area contributed by atoms with Crippen molar-refractivity contribution >= 4 is 10.2 Å². The van der Waals surface area contributed by atoms with Gasteiger partial charge in [-0.2, -0.15) is 17.0 Å². The smallest absolute Gasteiger partial charge is 0.282 e. The molecule has 2 aliphatic rings. The number of likely N-dealkylation sites (N-methyl/N-ethyl adjacent to an activating group) is 1. The van der Waals surface area contributed by atoms with Gasteiger partial charge in [0, 0.05) is 31.7 Å². The molecule has 5 nitrogen and oxygen atoms in total. The highest BCUT2D eigenvalue weighted by Gasteiger charge is 2.42. The van der Waals surface area contributed by atoms with Crippen LogP contribution in [0.15, 0.2) is 12.7 Å². The minimum atomic E-state index is -3.35. The van der Waals surface area contributed by atoms with E-state index in [4.69, 9.17) is 0 Å². The van der Waals surface area contributed by atoms with E-state index in [1.165, 1.54) is 0 Å². The van der Waals surface area contributed by atoms with Gasteiger partial charge in [0.05, 0.1) is 0 Å². The Morgan fingerprint density at radius 3 is 2.70 bits per heavy atom. The SMILES string of the molecule is C=CCN(C1CC1)S(=O)(=O)N1CCCCC1CNCC. The van der Waals surface area contributed by atoms with Crippen LogP contribution in [0.5, 0.6) is 0 Å². The maximum absolute atomic E-state index is 12.9. The summed E-state index contributed by atoms with van der Waals surface area (Å²) < 4.78 is 29.2. The number of rotatable bonds is 8. The molecule has 6 heteroatoms. The molecule has 1 saturated heterocycles. The summed E-state index contributed by atoms with van der Waals surface area (Å²) in [5.74, 6) is 0. The first kappa shape index (κ1) is 15.9. The number of nitrogens with zero attached hydrogens (tertiary/aromatic N) is 2. The van der Waals surface area contributed by atoms with Gasteiger partial charge in [0.15, 0.2) is 0 Å². The lowest BCUT2D eigenvalue weighted by atomic mass is 10.1. The molecule has 2 fully saturated rings. The summed E-state index contributed by atoms with van der Waals surface area (Å²) in [6.07, 6.45) is 6.71.